The van der Waals surface area contributed by atoms with Gasteiger partial charge in [0.15, 0.2) is 0 Å². The van der Waals surface area contributed by atoms with E-state index in [0.717, 1.165) is 30.5 Å². The minimum atomic E-state index is -0.779. The van der Waals surface area contributed by atoms with Gasteiger partial charge in [0.25, 0.3) is 0 Å². The Balaban J connectivity index is 2.13. The Hall–Kier alpha value is -1.84. The fourth-order valence-corrected chi connectivity index (χ4v) is 2.82. The molecule has 1 fully saturated rings. The van der Waals surface area contributed by atoms with E-state index in [1.54, 1.807) is 0 Å². The molecule has 1 heterocycles. The molecular formula is C16H21NO3. The van der Waals surface area contributed by atoms with E-state index in [0.29, 0.717) is 12.8 Å². The third-order valence-corrected chi connectivity index (χ3v) is 3.84. The lowest BCUT2D eigenvalue weighted by molar-refractivity contribution is -0.137. The second kappa shape index (κ2) is 6.55. The Morgan fingerprint density at radius 2 is 2.20 bits per heavy atom. The molecule has 108 valence electrons. The lowest BCUT2D eigenvalue weighted by Gasteiger charge is -2.25. The Labute approximate surface area is 119 Å². The fourth-order valence-electron chi connectivity index (χ4n) is 2.82. The molecular weight excluding hydrogens is 254 g/mol. The summed E-state index contributed by atoms with van der Waals surface area (Å²) in [5.41, 5.74) is 2.16. The largest absolute Gasteiger partial charge is 0.481 e. The monoisotopic (exact) mass is 275 g/mol. The summed E-state index contributed by atoms with van der Waals surface area (Å²) < 4.78 is 0. The molecule has 0 bridgehead atoms. The van der Waals surface area contributed by atoms with Crippen molar-refractivity contribution < 1.29 is 14.7 Å². The number of hydrogen-bond donors (Lipinski definition) is 1. The minimum Gasteiger partial charge on any atom is -0.481 e. The van der Waals surface area contributed by atoms with Gasteiger partial charge in [0.2, 0.25) is 5.91 Å². The molecule has 4 heteroatoms. The summed E-state index contributed by atoms with van der Waals surface area (Å²) in [6.45, 7) is 2.72. The SMILES string of the molecule is CCC(=O)N1CCCC1c1cccc(CCC(=O)O)c1. The topological polar surface area (TPSA) is 57.6 Å². The van der Waals surface area contributed by atoms with Crippen molar-refractivity contribution in [3.8, 4) is 0 Å². The average Bonchev–Trinajstić information content (AvgIpc) is 2.94. The lowest BCUT2D eigenvalue weighted by atomic mass is 10.00. The summed E-state index contributed by atoms with van der Waals surface area (Å²) in [5.74, 6) is -0.581. The quantitative estimate of drug-likeness (QED) is 0.899. The van der Waals surface area contributed by atoms with Crippen molar-refractivity contribution in [1.82, 2.24) is 4.90 Å². The van der Waals surface area contributed by atoms with E-state index in [1.807, 2.05) is 30.0 Å². The third-order valence-electron chi connectivity index (χ3n) is 3.84. The molecule has 2 rings (SSSR count). The number of carbonyl (C=O) groups excluding carboxylic acids is 1. The van der Waals surface area contributed by atoms with Crippen LogP contribution < -0.4 is 0 Å². The molecule has 0 aromatic heterocycles. The van der Waals surface area contributed by atoms with Crippen molar-refractivity contribution in [1.29, 1.82) is 0 Å². The maximum absolute atomic E-state index is 11.9. The Kier molecular flexibility index (Phi) is 4.77. The van der Waals surface area contributed by atoms with Crippen LogP contribution in [0.2, 0.25) is 0 Å². The predicted molar refractivity (Wildman–Crippen MR) is 76.4 cm³/mol. The first-order valence-corrected chi connectivity index (χ1v) is 7.22. The second-order valence-corrected chi connectivity index (χ2v) is 5.24. The number of rotatable bonds is 5. The van der Waals surface area contributed by atoms with Crippen LogP contribution in [0.4, 0.5) is 0 Å². The average molecular weight is 275 g/mol. The van der Waals surface area contributed by atoms with E-state index >= 15 is 0 Å². The highest BCUT2D eigenvalue weighted by Crippen LogP contribution is 2.32. The zero-order valence-corrected chi connectivity index (χ0v) is 11.8. The first kappa shape index (κ1) is 14.6. The number of carboxylic acid groups (broad SMARTS) is 1. The fraction of sp³-hybridized carbons (Fsp3) is 0.500. The molecule has 0 aliphatic carbocycles. The number of nitrogens with zero attached hydrogens (tertiary/aromatic N) is 1. The Morgan fingerprint density at radius 3 is 2.90 bits per heavy atom. The van der Waals surface area contributed by atoms with E-state index in [9.17, 15) is 9.59 Å². The number of aliphatic carboxylic acids is 1. The van der Waals surface area contributed by atoms with Crippen molar-refractivity contribution in [3.63, 3.8) is 0 Å². The van der Waals surface area contributed by atoms with Crippen molar-refractivity contribution in [3.05, 3.63) is 35.4 Å². The van der Waals surface area contributed by atoms with Crippen molar-refractivity contribution >= 4 is 11.9 Å². The van der Waals surface area contributed by atoms with Crippen LogP contribution >= 0.6 is 0 Å². The van der Waals surface area contributed by atoms with E-state index in [1.165, 1.54) is 0 Å². The summed E-state index contributed by atoms with van der Waals surface area (Å²) >= 11 is 0. The molecule has 1 saturated heterocycles. The summed E-state index contributed by atoms with van der Waals surface area (Å²) in [7, 11) is 0. The zero-order chi connectivity index (χ0) is 14.5. The number of benzene rings is 1. The molecule has 4 nitrogen and oxygen atoms in total. The van der Waals surface area contributed by atoms with Crippen LogP contribution in [0.1, 0.15) is 49.8 Å². The van der Waals surface area contributed by atoms with Crippen LogP contribution in [-0.4, -0.2) is 28.4 Å². The Bertz CT molecular complexity index is 498. The molecule has 1 aromatic rings. The normalized spacial score (nSPS) is 18.2. The highest BCUT2D eigenvalue weighted by Gasteiger charge is 2.28. The van der Waals surface area contributed by atoms with Gasteiger partial charge < -0.3 is 10.0 Å². The highest BCUT2D eigenvalue weighted by atomic mass is 16.4. The molecule has 0 radical (unpaired) electrons. The molecule has 0 saturated carbocycles. The molecule has 1 aliphatic heterocycles. The maximum atomic E-state index is 11.9. The molecule has 1 N–H and O–H groups in total. The van der Waals surface area contributed by atoms with Crippen molar-refractivity contribution in [2.45, 2.75) is 45.1 Å². The first-order chi connectivity index (χ1) is 9.61. The van der Waals surface area contributed by atoms with Gasteiger partial charge in [-0.3, -0.25) is 9.59 Å². The number of likely N-dealkylation sites (tertiary alicyclic amines) is 1. The molecule has 0 spiro atoms. The third kappa shape index (κ3) is 3.38. The van der Waals surface area contributed by atoms with E-state index < -0.39 is 5.97 Å². The summed E-state index contributed by atoms with van der Waals surface area (Å²) in [4.78, 5) is 24.5. The predicted octanol–water partition coefficient (Wildman–Crippen LogP) is 2.78. The lowest BCUT2D eigenvalue weighted by Crippen LogP contribution is -2.29. The zero-order valence-electron chi connectivity index (χ0n) is 11.8. The smallest absolute Gasteiger partial charge is 0.303 e. The van der Waals surface area contributed by atoms with Gasteiger partial charge in [0.05, 0.1) is 6.04 Å². The van der Waals surface area contributed by atoms with Crippen LogP contribution in [0, 0.1) is 0 Å². The number of carbonyl (C=O) groups is 2. The number of carboxylic acids is 1. The summed E-state index contributed by atoms with van der Waals surface area (Å²) in [6.07, 6.45) is 3.25. The van der Waals surface area contributed by atoms with Gasteiger partial charge >= 0.3 is 5.97 Å². The molecule has 1 amide bonds. The maximum Gasteiger partial charge on any atom is 0.303 e. The molecule has 1 aromatic carbocycles. The molecule has 1 atom stereocenters. The van der Waals surface area contributed by atoms with E-state index in [4.69, 9.17) is 5.11 Å². The van der Waals surface area contributed by atoms with Gasteiger partial charge in [-0.25, -0.2) is 0 Å². The molecule has 1 aliphatic rings. The van der Waals surface area contributed by atoms with Gasteiger partial charge in [-0.15, -0.1) is 0 Å². The van der Waals surface area contributed by atoms with Gasteiger partial charge in [-0.1, -0.05) is 31.2 Å². The van der Waals surface area contributed by atoms with Crippen molar-refractivity contribution in [2.24, 2.45) is 0 Å². The standard InChI is InChI=1S/C16H21NO3/c1-2-15(18)17-10-4-7-14(17)13-6-3-5-12(11-13)8-9-16(19)20/h3,5-6,11,14H,2,4,7-10H2,1H3,(H,19,20). The van der Waals surface area contributed by atoms with Crippen LogP contribution in [0.5, 0.6) is 0 Å². The van der Waals surface area contributed by atoms with Crippen LogP contribution in [0.25, 0.3) is 0 Å². The van der Waals surface area contributed by atoms with Gasteiger partial charge in [0, 0.05) is 19.4 Å². The van der Waals surface area contributed by atoms with Gasteiger partial charge in [-0.2, -0.15) is 0 Å². The van der Waals surface area contributed by atoms with E-state index in [-0.39, 0.29) is 18.4 Å². The van der Waals surface area contributed by atoms with E-state index in [2.05, 4.69) is 6.07 Å². The van der Waals surface area contributed by atoms with Crippen LogP contribution in [0.3, 0.4) is 0 Å². The highest BCUT2D eigenvalue weighted by molar-refractivity contribution is 5.76. The summed E-state index contributed by atoms with van der Waals surface area (Å²) in [6, 6.07) is 8.16. The van der Waals surface area contributed by atoms with Gasteiger partial charge in [0.1, 0.15) is 0 Å². The first-order valence-electron chi connectivity index (χ1n) is 7.22. The van der Waals surface area contributed by atoms with Crippen molar-refractivity contribution in [2.75, 3.05) is 6.54 Å². The molecule has 20 heavy (non-hydrogen) atoms. The second-order valence-electron chi connectivity index (χ2n) is 5.24. The number of amides is 1. The van der Waals surface area contributed by atoms with Gasteiger partial charge in [-0.05, 0) is 30.4 Å². The minimum absolute atomic E-state index is 0.145. The van der Waals surface area contributed by atoms with Crippen LogP contribution in [0.15, 0.2) is 24.3 Å². The van der Waals surface area contributed by atoms with Crippen LogP contribution in [-0.2, 0) is 16.0 Å². The Morgan fingerprint density at radius 1 is 1.40 bits per heavy atom. The number of aryl methyl sites for hydroxylation is 1. The number of hydrogen-bond acceptors (Lipinski definition) is 2. The molecule has 1 unspecified atom stereocenters. The summed E-state index contributed by atoms with van der Waals surface area (Å²) in [5, 5.41) is 8.75.